The topological polar surface area (TPSA) is 38.0 Å². The Labute approximate surface area is 194 Å². The average molecular weight is 453 g/mol. The summed E-state index contributed by atoms with van der Waals surface area (Å²) in [5, 5.41) is 6.38. The van der Waals surface area contributed by atoms with E-state index in [0.29, 0.717) is 0 Å². The van der Waals surface area contributed by atoms with Gasteiger partial charge in [0.25, 0.3) is 0 Å². The number of hydrogen-bond donors (Lipinski definition) is 2. The molecular weight excluding hydrogens is 427 g/mol. The zero-order valence-electron chi connectivity index (χ0n) is 17.6. The molecule has 0 aliphatic heterocycles. The molecule has 0 fully saturated rings. The summed E-state index contributed by atoms with van der Waals surface area (Å²) in [7, 11) is 0. The second-order valence-electron chi connectivity index (χ2n) is 8.73. The van der Waals surface area contributed by atoms with Gasteiger partial charge >= 0.3 is 0 Å². The molecule has 4 aromatic rings. The summed E-state index contributed by atoms with van der Waals surface area (Å²) in [4.78, 5) is 0. The Morgan fingerprint density at radius 3 is 1.38 bits per heavy atom. The van der Waals surface area contributed by atoms with Crippen LogP contribution in [0, 0.1) is 0 Å². The number of hydrogen-bond acceptors (Lipinski definition) is 2. The molecule has 0 radical (unpaired) electrons. The Kier molecular flexibility index (Phi) is 4.89. The molecule has 0 heterocycles. The van der Waals surface area contributed by atoms with Crippen molar-refractivity contribution in [3.05, 3.63) is 131 Å². The molecule has 0 saturated heterocycles. The van der Waals surface area contributed by atoms with E-state index in [1.165, 1.54) is 32.9 Å². The summed E-state index contributed by atoms with van der Waals surface area (Å²) in [6.45, 7) is 0. The molecule has 0 amide bonds. The molecule has 158 valence electrons. The first-order valence-corrected chi connectivity index (χ1v) is 13.9. The van der Waals surface area contributed by atoms with Crippen molar-refractivity contribution in [3.63, 3.8) is 0 Å². The van der Waals surface area contributed by atoms with Crippen molar-refractivity contribution in [2.75, 3.05) is 0 Å². The largest absolute Gasteiger partial charge is 0.325 e. The van der Waals surface area contributed by atoms with E-state index >= 15 is 0 Å². The number of fused-ring (bicyclic) bond motifs is 1. The fourth-order valence-electron chi connectivity index (χ4n) is 5.67. The number of nitrogens with two attached hydrogens (primary N) is 1. The molecule has 32 heavy (non-hydrogen) atoms. The van der Waals surface area contributed by atoms with Crippen molar-refractivity contribution >= 4 is 28.6 Å². The molecule has 4 aromatic carbocycles. The fourth-order valence-corrected chi connectivity index (χ4v) is 9.28. The molecule has 4 heteroatoms. The van der Waals surface area contributed by atoms with E-state index < -0.39 is 6.19 Å². The van der Waals surface area contributed by atoms with Crippen LogP contribution in [0.1, 0.15) is 34.1 Å². The third-order valence-electron chi connectivity index (χ3n) is 7.06. The molecule has 0 aromatic heterocycles. The maximum atomic E-state index is 7.07. The Morgan fingerprint density at radius 2 is 0.938 bits per heavy atom. The maximum absolute atomic E-state index is 7.07. The minimum atomic E-state index is -2.28. The van der Waals surface area contributed by atoms with E-state index in [-0.39, 0.29) is 23.9 Å². The predicted octanol–water partition coefficient (Wildman–Crippen LogP) is 4.61. The van der Waals surface area contributed by atoms with Crippen LogP contribution in [0.5, 0.6) is 0 Å². The second-order valence-corrected chi connectivity index (χ2v) is 12.9. The third kappa shape index (κ3) is 2.97. The number of benzene rings is 4. The first-order valence-electron chi connectivity index (χ1n) is 11.1. The molecule has 2 nitrogen and oxygen atoms in total. The van der Waals surface area contributed by atoms with Gasteiger partial charge in [-0.15, -0.1) is 0 Å². The molecular formula is C28H25N2PS. The van der Waals surface area contributed by atoms with Crippen LogP contribution in [-0.2, 0) is 11.8 Å². The van der Waals surface area contributed by atoms with Crippen LogP contribution in [0.25, 0.3) is 0 Å². The monoisotopic (exact) mass is 452 g/mol. The quantitative estimate of drug-likeness (QED) is 0.444. The third-order valence-corrected chi connectivity index (χ3v) is 11.4. The lowest BCUT2D eigenvalue weighted by Gasteiger charge is -2.51. The van der Waals surface area contributed by atoms with E-state index in [2.05, 4.69) is 114 Å². The SMILES string of the molecule is N[C@@H]1C2c3ccccc3C(c3ccccc32)[C@H]1NP(=S)(c1ccccc1)c1ccccc1. The van der Waals surface area contributed by atoms with Gasteiger partial charge in [-0.3, -0.25) is 5.09 Å². The van der Waals surface area contributed by atoms with Crippen LogP contribution in [0.2, 0.25) is 0 Å². The van der Waals surface area contributed by atoms with E-state index in [1.54, 1.807) is 0 Å². The van der Waals surface area contributed by atoms with Crippen molar-refractivity contribution in [1.82, 2.24) is 5.09 Å². The van der Waals surface area contributed by atoms with Gasteiger partial charge in [0.2, 0.25) is 0 Å². The number of rotatable bonds is 4. The standard InChI is InChI=1S/C28H25N2PS/c29-27-25-21-15-7-9-17-23(21)26(24-18-10-8-16-22(24)25)28(27)30-31(32,19-11-3-1-4-12-19)20-13-5-2-6-14-20/h1-18,25-28H,29H2,(H,30,32)/t25?,26?,27-,28-/m1/s1. The van der Waals surface area contributed by atoms with E-state index in [0.717, 1.165) is 0 Å². The number of nitrogens with one attached hydrogen (secondary N) is 1. The summed E-state index contributed by atoms with van der Waals surface area (Å²) < 4.78 is 0. The first kappa shape index (κ1) is 20.1. The summed E-state index contributed by atoms with van der Waals surface area (Å²) in [5.74, 6) is 0.372. The normalized spacial score (nSPS) is 23.4. The summed E-state index contributed by atoms with van der Waals surface area (Å²) in [5.41, 5.74) is 12.6. The molecule has 2 bridgehead atoms. The maximum Gasteiger partial charge on any atom is 0.0687 e. The lowest BCUT2D eigenvalue weighted by atomic mass is 9.59. The lowest BCUT2D eigenvalue weighted by molar-refractivity contribution is 0.366. The summed E-state index contributed by atoms with van der Waals surface area (Å²) in [6, 6.07) is 38.7. The molecule has 2 atom stereocenters. The first-order chi connectivity index (χ1) is 15.7. The van der Waals surface area contributed by atoms with Crippen LogP contribution < -0.4 is 21.4 Å². The smallest absolute Gasteiger partial charge is 0.0687 e. The van der Waals surface area contributed by atoms with E-state index in [4.69, 9.17) is 17.5 Å². The Bertz CT molecular complexity index is 1230. The van der Waals surface area contributed by atoms with Crippen molar-refractivity contribution in [1.29, 1.82) is 0 Å². The molecule has 3 aliphatic carbocycles. The fraction of sp³-hybridized carbons (Fsp3) is 0.143. The van der Waals surface area contributed by atoms with Crippen LogP contribution >= 0.6 is 6.19 Å². The van der Waals surface area contributed by atoms with Crippen molar-refractivity contribution in [2.45, 2.75) is 23.9 Å². The Hall–Kier alpha value is -2.55. The van der Waals surface area contributed by atoms with Gasteiger partial charge in [0.1, 0.15) is 0 Å². The molecule has 3 aliphatic rings. The minimum Gasteiger partial charge on any atom is -0.325 e. The Morgan fingerprint density at radius 1 is 0.562 bits per heavy atom. The summed E-state index contributed by atoms with van der Waals surface area (Å²) in [6.07, 6.45) is -2.28. The zero-order valence-corrected chi connectivity index (χ0v) is 19.3. The van der Waals surface area contributed by atoms with Gasteiger partial charge in [-0.05, 0) is 22.3 Å². The van der Waals surface area contributed by atoms with Crippen LogP contribution in [0.15, 0.2) is 109 Å². The predicted molar refractivity (Wildman–Crippen MR) is 138 cm³/mol. The molecule has 0 saturated carbocycles. The van der Waals surface area contributed by atoms with Crippen molar-refractivity contribution in [2.24, 2.45) is 5.73 Å². The van der Waals surface area contributed by atoms with E-state index in [1.807, 2.05) is 0 Å². The van der Waals surface area contributed by atoms with Crippen LogP contribution in [-0.4, -0.2) is 12.1 Å². The highest BCUT2D eigenvalue weighted by atomic mass is 32.4. The van der Waals surface area contributed by atoms with Crippen LogP contribution in [0.3, 0.4) is 0 Å². The van der Waals surface area contributed by atoms with Crippen molar-refractivity contribution < 1.29 is 0 Å². The zero-order chi connectivity index (χ0) is 21.7. The highest BCUT2D eigenvalue weighted by Gasteiger charge is 2.49. The second kappa shape index (κ2) is 7.79. The van der Waals surface area contributed by atoms with Gasteiger partial charge in [-0.2, -0.15) is 0 Å². The van der Waals surface area contributed by atoms with E-state index in [9.17, 15) is 0 Å². The molecule has 0 unspecified atom stereocenters. The van der Waals surface area contributed by atoms with Gasteiger partial charge in [0, 0.05) is 34.5 Å². The Balaban J connectivity index is 1.52. The van der Waals surface area contributed by atoms with Gasteiger partial charge in [-0.25, -0.2) is 0 Å². The average Bonchev–Trinajstić information content (AvgIpc) is 2.86. The van der Waals surface area contributed by atoms with Gasteiger partial charge in [-0.1, -0.05) is 121 Å². The van der Waals surface area contributed by atoms with Crippen molar-refractivity contribution in [3.8, 4) is 0 Å². The lowest BCUT2D eigenvalue weighted by Crippen LogP contribution is -2.58. The van der Waals surface area contributed by atoms with Gasteiger partial charge < -0.3 is 5.73 Å². The summed E-state index contributed by atoms with van der Waals surface area (Å²) >= 11 is 6.53. The molecule has 7 rings (SSSR count). The molecule has 0 spiro atoms. The van der Waals surface area contributed by atoms with Crippen LogP contribution in [0.4, 0.5) is 0 Å². The highest BCUT2D eigenvalue weighted by molar-refractivity contribution is 8.20. The highest BCUT2D eigenvalue weighted by Crippen LogP contribution is 2.54. The minimum absolute atomic E-state index is 0.0421. The van der Waals surface area contributed by atoms with Gasteiger partial charge in [0.15, 0.2) is 0 Å². The molecule has 3 N–H and O–H groups in total. The van der Waals surface area contributed by atoms with Gasteiger partial charge in [0.05, 0.1) is 6.19 Å².